The molecule has 2 nitrogen and oxygen atoms in total. The maximum Gasteiger partial charge on any atom is 0.186 e. The molecule has 1 atom stereocenters. The standard InChI is InChI=1S/C10H17NOS2.ClH/c1-8(12)14-9-6-10(11-7-9)2-4-13-5-3-10;/h9,11H,2-7H2,1H3;1H. The fourth-order valence-electron chi connectivity index (χ4n) is 2.37. The molecule has 2 rings (SSSR count). The Morgan fingerprint density at radius 1 is 1.47 bits per heavy atom. The highest BCUT2D eigenvalue weighted by atomic mass is 35.5. The van der Waals surface area contributed by atoms with Crippen LogP contribution in [0.15, 0.2) is 0 Å². The van der Waals surface area contributed by atoms with Crippen molar-refractivity contribution in [3.63, 3.8) is 0 Å². The van der Waals surface area contributed by atoms with Crippen molar-refractivity contribution in [3.8, 4) is 0 Å². The topological polar surface area (TPSA) is 29.1 Å². The van der Waals surface area contributed by atoms with Gasteiger partial charge in [-0.15, -0.1) is 12.4 Å². The molecule has 2 fully saturated rings. The van der Waals surface area contributed by atoms with Gasteiger partial charge < -0.3 is 5.32 Å². The molecule has 2 heterocycles. The van der Waals surface area contributed by atoms with Crippen molar-refractivity contribution in [2.75, 3.05) is 18.1 Å². The van der Waals surface area contributed by atoms with Crippen LogP contribution in [-0.4, -0.2) is 34.0 Å². The lowest BCUT2D eigenvalue weighted by Crippen LogP contribution is -2.42. The largest absolute Gasteiger partial charge is 0.310 e. The molecule has 0 aromatic rings. The number of thioether (sulfide) groups is 2. The van der Waals surface area contributed by atoms with Gasteiger partial charge in [0.2, 0.25) is 0 Å². The van der Waals surface area contributed by atoms with Gasteiger partial charge in [-0.1, -0.05) is 11.8 Å². The first kappa shape index (κ1) is 13.7. The number of carbonyl (C=O) groups is 1. The molecule has 0 aliphatic carbocycles. The first-order valence-corrected chi connectivity index (χ1v) is 7.24. The van der Waals surface area contributed by atoms with E-state index in [1.807, 2.05) is 0 Å². The Bertz CT molecular complexity index is 231. The zero-order valence-electron chi connectivity index (χ0n) is 8.95. The number of nitrogens with one attached hydrogen (secondary N) is 1. The molecular formula is C10H18ClNOS2. The maximum absolute atomic E-state index is 11.0. The number of hydrogen-bond donors (Lipinski definition) is 1. The SMILES string of the molecule is CC(=O)SC1CNC2(CCSCC2)C1.Cl. The maximum atomic E-state index is 11.0. The Hall–Kier alpha value is 0.620. The predicted octanol–water partition coefficient (Wildman–Crippen LogP) is 2.32. The highest BCUT2D eigenvalue weighted by Gasteiger charge is 2.40. The van der Waals surface area contributed by atoms with E-state index >= 15 is 0 Å². The molecule has 2 saturated heterocycles. The van der Waals surface area contributed by atoms with Gasteiger partial charge in [-0.25, -0.2) is 0 Å². The minimum absolute atomic E-state index is 0. The van der Waals surface area contributed by atoms with Crippen molar-refractivity contribution in [3.05, 3.63) is 0 Å². The van der Waals surface area contributed by atoms with Gasteiger partial charge in [-0.3, -0.25) is 4.79 Å². The quantitative estimate of drug-likeness (QED) is 0.790. The molecule has 88 valence electrons. The fourth-order valence-corrected chi connectivity index (χ4v) is 4.68. The van der Waals surface area contributed by atoms with E-state index in [-0.39, 0.29) is 17.5 Å². The molecule has 0 bridgehead atoms. The van der Waals surface area contributed by atoms with Crippen LogP contribution in [0.1, 0.15) is 26.2 Å². The third-order valence-electron chi connectivity index (χ3n) is 3.11. The van der Waals surface area contributed by atoms with Crippen molar-refractivity contribution in [1.29, 1.82) is 0 Å². The van der Waals surface area contributed by atoms with E-state index in [1.165, 1.54) is 42.5 Å². The Morgan fingerprint density at radius 2 is 2.13 bits per heavy atom. The highest BCUT2D eigenvalue weighted by Crippen LogP contribution is 2.37. The number of rotatable bonds is 1. The van der Waals surface area contributed by atoms with E-state index in [0.29, 0.717) is 10.8 Å². The van der Waals surface area contributed by atoms with Crippen LogP contribution in [0.5, 0.6) is 0 Å². The predicted molar refractivity (Wildman–Crippen MR) is 71.2 cm³/mol. The second kappa shape index (κ2) is 5.80. The molecule has 0 aromatic heterocycles. The summed E-state index contributed by atoms with van der Waals surface area (Å²) >= 11 is 3.58. The first-order chi connectivity index (χ1) is 6.70. The molecule has 0 radical (unpaired) electrons. The van der Waals surface area contributed by atoms with Crippen LogP contribution < -0.4 is 5.32 Å². The van der Waals surface area contributed by atoms with E-state index in [0.717, 1.165) is 6.54 Å². The van der Waals surface area contributed by atoms with Gasteiger partial charge in [-0.2, -0.15) is 11.8 Å². The van der Waals surface area contributed by atoms with Crippen LogP contribution >= 0.6 is 35.9 Å². The smallest absolute Gasteiger partial charge is 0.186 e. The second-order valence-electron chi connectivity index (χ2n) is 4.21. The molecule has 1 unspecified atom stereocenters. The normalized spacial score (nSPS) is 28.7. The summed E-state index contributed by atoms with van der Waals surface area (Å²) in [6, 6.07) is 0. The first-order valence-electron chi connectivity index (χ1n) is 5.20. The van der Waals surface area contributed by atoms with Crippen LogP contribution in [0.2, 0.25) is 0 Å². The Balaban J connectivity index is 0.00000112. The monoisotopic (exact) mass is 267 g/mol. The number of carbonyl (C=O) groups excluding carboxylic acids is 1. The summed E-state index contributed by atoms with van der Waals surface area (Å²) in [7, 11) is 0. The van der Waals surface area contributed by atoms with E-state index in [4.69, 9.17) is 0 Å². The van der Waals surface area contributed by atoms with E-state index in [1.54, 1.807) is 6.92 Å². The Kier molecular flexibility index (Phi) is 5.29. The van der Waals surface area contributed by atoms with Crippen molar-refractivity contribution < 1.29 is 4.79 Å². The summed E-state index contributed by atoms with van der Waals surface area (Å²) in [5, 5.41) is 4.43. The summed E-state index contributed by atoms with van der Waals surface area (Å²) < 4.78 is 0. The van der Waals surface area contributed by atoms with Crippen LogP contribution in [0.25, 0.3) is 0 Å². The minimum Gasteiger partial charge on any atom is -0.310 e. The summed E-state index contributed by atoms with van der Waals surface area (Å²) in [5.41, 5.74) is 0.387. The highest BCUT2D eigenvalue weighted by molar-refractivity contribution is 8.14. The molecule has 2 aliphatic heterocycles. The molecule has 1 N–H and O–H groups in total. The van der Waals surface area contributed by atoms with Gasteiger partial charge >= 0.3 is 0 Å². The van der Waals surface area contributed by atoms with Crippen LogP contribution in [0.3, 0.4) is 0 Å². The van der Waals surface area contributed by atoms with Gasteiger partial charge in [0.25, 0.3) is 0 Å². The minimum atomic E-state index is 0. The molecule has 1 spiro atoms. The van der Waals surface area contributed by atoms with Crippen molar-refractivity contribution in [2.24, 2.45) is 0 Å². The average molecular weight is 268 g/mol. The van der Waals surface area contributed by atoms with Crippen LogP contribution in [0, 0.1) is 0 Å². The zero-order valence-corrected chi connectivity index (χ0v) is 11.4. The third-order valence-corrected chi connectivity index (χ3v) is 5.09. The van der Waals surface area contributed by atoms with Crippen LogP contribution in [-0.2, 0) is 4.79 Å². The fraction of sp³-hybridized carbons (Fsp3) is 0.900. The van der Waals surface area contributed by atoms with E-state index < -0.39 is 0 Å². The molecule has 15 heavy (non-hydrogen) atoms. The Labute approximate surface area is 106 Å². The third kappa shape index (κ3) is 3.55. The summed E-state index contributed by atoms with van der Waals surface area (Å²) in [4.78, 5) is 11.0. The van der Waals surface area contributed by atoms with Crippen molar-refractivity contribution in [1.82, 2.24) is 5.32 Å². The molecule has 0 aromatic carbocycles. The summed E-state index contributed by atoms with van der Waals surface area (Å²) in [6.45, 7) is 2.70. The molecule has 0 amide bonds. The van der Waals surface area contributed by atoms with E-state index in [9.17, 15) is 4.79 Å². The Morgan fingerprint density at radius 3 is 2.73 bits per heavy atom. The number of hydrogen-bond acceptors (Lipinski definition) is 4. The molecular weight excluding hydrogens is 250 g/mol. The van der Waals surface area contributed by atoms with Gasteiger partial charge in [0.15, 0.2) is 5.12 Å². The van der Waals surface area contributed by atoms with Crippen molar-refractivity contribution >= 4 is 41.0 Å². The van der Waals surface area contributed by atoms with Gasteiger partial charge in [-0.05, 0) is 30.8 Å². The van der Waals surface area contributed by atoms with Crippen molar-refractivity contribution in [2.45, 2.75) is 37.0 Å². The molecule has 5 heteroatoms. The summed E-state index contributed by atoms with van der Waals surface area (Å²) in [6.07, 6.45) is 3.76. The lowest BCUT2D eigenvalue weighted by atomic mass is 9.91. The van der Waals surface area contributed by atoms with Gasteiger partial charge in [0.1, 0.15) is 0 Å². The summed E-state index contributed by atoms with van der Waals surface area (Å²) in [5.74, 6) is 2.56. The van der Waals surface area contributed by atoms with Gasteiger partial charge in [0, 0.05) is 24.3 Å². The number of halogens is 1. The lowest BCUT2D eigenvalue weighted by molar-refractivity contribution is -0.109. The van der Waals surface area contributed by atoms with E-state index in [2.05, 4.69) is 17.1 Å². The average Bonchev–Trinajstić information content (AvgIpc) is 2.49. The lowest BCUT2D eigenvalue weighted by Gasteiger charge is -2.33. The van der Waals surface area contributed by atoms with Crippen LogP contribution in [0.4, 0.5) is 0 Å². The molecule has 0 saturated carbocycles. The molecule has 2 aliphatic rings. The second-order valence-corrected chi connectivity index (χ2v) is 6.91. The van der Waals surface area contributed by atoms with Gasteiger partial charge in [0.05, 0.1) is 0 Å². The zero-order chi connectivity index (χ0) is 10.0.